The van der Waals surface area contributed by atoms with Gasteiger partial charge in [-0.3, -0.25) is 9.59 Å². The zero-order chi connectivity index (χ0) is 20.7. The highest BCUT2D eigenvalue weighted by molar-refractivity contribution is 9.10. The van der Waals surface area contributed by atoms with Crippen LogP contribution >= 0.6 is 15.9 Å². The Hall–Kier alpha value is -2.27. The van der Waals surface area contributed by atoms with Crippen molar-refractivity contribution in [2.45, 2.75) is 17.9 Å². The van der Waals surface area contributed by atoms with Crippen molar-refractivity contribution in [1.82, 2.24) is 4.72 Å². The molecule has 0 fully saturated rings. The highest BCUT2D eigenvalue weighted by atomic mass is 79.9. The van der Waals surface area contributed by atoms with E-state index >= 15 is 0 Å². The number of rotatable bonds is 8. The molecule has 28 heavy (non-hydrogen) atoms. The summed E-state index contributed by atoms with van der Waals surface area (Å²) in [6.45, 7) is 0.454. The average molecular weight is 471 g/mol. The van der Waals surface area contributed by atoms with Crippen molar-refractivity contribution in [3.63, 3.8) is 0 Å². The van der Waals surface area contributed by atoms with E-state index in [2.05, 4.69) is 26.0 Å². The number of esters is 1. The van der Waals surface area contributed by atoms with Crippen molar-refractivity contribution in [3.05, 3.63) is 58.6 Å². The number of aliphatic hydroxyl groups excluding tert-OH is 1. The predicted octanol–water partition coefficient (Wildman–Crippen LogP) is 1.58. The standard InChI is InChI=1S/C18H19BrN2O6S/c1-12-2-6-14(7-3-12)20-17(23)11-27-18(24)16(10-22)21-28(25,26)15-8-4-13(19)5-9-15/h2-9,16,21-22H,10-11H2,1H3,(H,20,23). The number of hydrogen-bond acceptors (Lipinski definition) is 6. The minimum Gasteiger partial charge on any atom is -0.454 e. The summed E-state index contributed by atoms with van der Waals surface area (Å²) in [5, 5.41) is 11.9. The molecule has 1 amide bonds. The van der Waals surface area contributed by atoms with Gasteiger partial charge in [0.05, 0.1) is 11.5 Å². The summed E-state index contributed by atoms with van der Waals surface area (Å²) in [7, 11) is -4.06. The minimum atomic E-state index is -4.06. The van der Waals surface area contributed by atoms with Crippen LogP contribution in [-0.2, 0) is 24.3 Å². The van der Waals surface area contributed by atoms with Crippen molar-refractivity contribution in [1.29, 1.82) is 0 Å². The predicted molar refractivity (Wildman–Crippen MR) is 106 cm³/mol. The Bertz CT molecular complexity index is 930. The first-order valence-electron chi connectivity index (χ1n) is 8.13. The number of nitrogens with one attached hydrogen (secondary N) is 2. The Morgan fingerprint density at radius 3 is 2.29 bits per heavy atom. The van der Waals surface area contributed by atoms with Crippen LogP contribution in [0.15, 0.2) is 57.9 Å². The van der Waals surface area contributed by atoms with Crippen molar-refractivity contribution >= 4 is 43.5 Å². The molecule has 8 nitrogen and oxygen atoms in total. The van der Waals surface area contributed by atoms with E-state index in [4.69, 9.17) is 4.74 Å². The Balaban J connectivity index is 1.92. The molecule has 150 valence electrons. The van der Waals surface area contributed by atoms with Gasteiger partial charge in [-0.2, -0.15) is 4.72 Å². The molecule has 1 atom stereocenters. The molecule has 2 aromatic carbocycles. The van der Waals surface area contributed by atoms with Crippen LogP contribution in [0, 0.1) is 6.92 Å². The van der Waals surface area contributed by atoms with E-state index in [0.717, 1.165) is 5.56 Å². The number of carbonyl (C=O) groups is 2. The lowest BCUT2D eigenvalue weighted by Crippen LogP contribution is -2.44. The second-order valence-electron chi connectivity index (χ2n) is 5.83. The number of amides is 1. The van der Waals surface area contributed by atoms with E-state index in [1.807, 2.05) is 6.92 Å². The molecule has 0 aliphatic rings. The maximum Gasteiger partial charge on any atom is 0.327 e. The number of aryl methyl sites for hydroxylation is 1. The third kappa shape index (κ3) is 6.41. The van der Waals surface area contributed by atoms with E-state index in [0.29, 0.717) is 10.2 Å². The van der Waals surface area contributed by atoms with Crippen molar-refractivity contribution in [2.75, 3.05) is 18.5 Å². The van der Waals surface area contributed by atoms with Gasteiger partial charge in [-0.1, -0.05) is 33.6 Å². The second kappa shape index (κ2) is 9.78. The molecule has 0 heterocycles. The van der Waals surface area contributed by atoms with Crippen molar-refractivity contribution in [2.24, 2.45) is 0 Å². The fourth-order valence-corrected chi connectivity index (χ4v) is 3.54. The van der Waals surface area contributed by atoms with Gasteiger partial charge in [0.15, 0.2) is 6.61 Å². The van der Waals surface area contributed by atoms with Gasteiger partial charge in [0.2, 0.25) is 10.0 Å². The normalized spacial score (nSPS) is 12.2. The first-order valence-corrected chi connectivity index (χ1v) is 10.4. The molecule has 0 bridgehead atoms. The number of benzene rings is 2. The number of hydrogen-bond donors (Lipinski definition) is 3. The molecule has 0 aliphatic carbocycles. The molecule has 0 spiro atoms. The van der Waals surface area contributed by atoms with Crippen LogP contribution in [0.5, 0.6) is 0 Å². The van der Waals surface area contributed by atoms with Crippen LogP contribution in [0.4, 0.5) is 5.69 Å². The van der Waals surface area contributed by atoms with Crippen LogP contribution in [0.1, 0.15) is 5.56 Å². The van der Waals surface area contributed by atoms with Crippen LogP contribution in [0.3, 0.4) is 0 Å². The molecule has 2 aromatic rings. The monoisotopic (exact) mass is 470 g/mol. The van der Waals surface area contributed by atoms with Gasteiger partial charge in [-0.25, -0.2) is 8.42 Å². The summed E-state index contributed by atoms with van der Waals surface area (Å²) in [4.78, 5) is 23.8. The molecule has 0 saturated carbocycles. The third-order valence-corrected chi connectivity index (χ3v) is 5.59. The number of ether oxygens (including phenoxy) is 1. The lowest BCUT2D eigenvalue weighted by molar-refractivity contribution is -0.149. The quantitative estimate of drug-likeness (QED) is 0.503. The Labute approximate surface area is 171 Å². The van der Waals surface area contributed by atoms with E-state index in [-0.39, 0.29) is 4.90 Å². The SMILES string of the molecule is Cc1ccc(NC(=O)COC(=O)C(CO)NS(=O)(=O)c2ccc(Br)cc2)cc1. The van der Waals surface area contributed by atoms with Crippen molar-refractivity contribution in [3.8, 4) is 0 Å². The molecule has 10 heteroatoms. The molecule has 2 rings (SSSR count). The molecule has 0 aromatic heterocycles. The van der Waals surface area contributed by atoms with Gasteiger partial charge in [-0.05, 0) is 43.3 Å². The largest absolute Gasteiger partial charge is 0.454 e. The maximum atomic E-state index is 12.3. The van der Waals surface area contributed by atoms with E-state index in [9.17, 15) is 23.1 Å². The van der Waals surface area contributed by atoms with E-state index < -0.39 is 41.2 Å². The summed E-state index contributed by atoms with van der Waals surface area (Å²) in [6, 6.07) is 11.2. The second-order valence-corrected chi connectivity index (χ2v) is 8.46. The first kappa shape index (κ1) is 22.0. The molecule has 1 unspecified atom stereocenters. The van der Waals surface area contributed by atoms with Gasteiger partial charge in [0.25, 0.3) is 5.91 Å². The molecule has 3 N–H and O–H groups in total. The average Bonchev–Trinajstić information content (AvgIpc) is 2.66. The molecular formula is C18H19BrN2O6S. The Morgan fingerprint density at radius 1 is 1.11 bits per heavy atom. The van der Waals surface area contributed by atoms with Crippen LogP contribution in [0.25, 0.3) is 0 Å². The Morgan fingerprint density at radius 2 is 1.71 bits per heavy atom. The lowest BCUT2D eigenvalue weighted by atomic mass is 10.2. The number of halogens is 1. The highest BCUT2D eigenvalue weighted by Gasteiger charge is 2.27. The minimum absolute atomic E-state index is 0.0842. The molecule has 0 saturated heterocycles. The summed E-state index contributed by atoms with van der Waals surface area (Å²) in [5.41, 5.74) is 1.55. The summed E-state index contributed by atoms with van der Waals surface area (Å²) >= 11 is 3.19. The van der Waals surface area contributed by atoms with Gasteiger partial charge in [0.1, 0.15) is 6.04 Å². The Kier molecular flexibility index (Phi) is 7.69. The van der Waals surface area contributed by atoms with Crippen LogP contribution < -0.4 is 10.0 Å². The fourth-order valence-electron chi connectivity index (χ4n) is 2.10. The smallest absolute Gasteiger partial charge is 0.327 e. The van der Waals surface area contributed by atoms with Gasteiger partial charge in [0, 0.05) is 10.2 Å². The maximum absolute atomic E-state index is 12.3. The zero-order valence-electron chi connectivity index (χ0n) is 14.9. The van der Waals surface area contributed by atoms with E-state index in [1.165, 1.54) is 24.3 Å². The summed E-state index contributed by atoms with van der Waals surface area (Å²) in [5.74, 6) is -1.66. The first-order chi connectivity index (χ1) is 13.2. The number of sulfonamides is 1. The van der Waals surface area contributed by atoms with Gasteiger partial charge >= 0.3 is 5.97 Å². The number of aliphatic hydroxyl groups is 1. The van der Waals surface area contributed by atoms with Gasteiger partial charge in [-0.15, -0.1) is 0 Å². The van der Waals surface area contributed by atoms with Gasteiger partial charge < -0.3 is 15.2 Å². The number of anilines is 1. The van der Waals surface area contributed by atoms with Crippen molar-refractivity contribution < 1.29 is 27.9 Å². The molecule has 0 aliphatic heterocycles. The number of carbonyl (C=O) groups excluding carboxylic acids is 2. The van der Waals surface area contributed by atoms with E-state index in [1.54, 1.807) is 24.3 Å². The molecule has 0 radical (unpaired) electrons. The summed E-state index contributed by atoms with van der Waals surface area (Å²) in [6.07, 6.45) is 0. The lowest BCUT2D eigenvalue weighted by Gasteiger charge is -2.15. The molecular weight excluding hydrogens is 452 g/mol. The summed E-state index contributed by atoms with van der Waals surface area (Å²) < 4.78 is 32.2. The topological polar surface area (TPSA) is 122 Å². The van der Waals surface area contributed by atoms with Crippen LogP contribution in [-0.4, -0.2) is 44.7 Å². The fraction of sp³-hybridized carbons (Fsp3) is 0.222. The van der Waals surface area contributed by atoms with Crippen LogP contribution in [0.2, 0.25) is 0 Å². The third-order valence-electron chi connectivity index (χ3n) is 3.57. The highest BCUT2D eigenvalue weighted by Crippen LogP contribution is 2.15. The zero-order valence-corrected chi connectivity index (χ0v) is 17.3.